The molecule has 0 aliphatic heterocycles. The van der Waals surface area contributed by atoms with Crippen molar-refractivity contribution in [1.82, 2.24) is 5.32 Å². The maximum Gasteiger partial charge on any atom is 0.223 e. The van der Waals surface area contributed by atoms with Gasteiger partial charge in [-0.3, -0.25) is 4.79 Å². The topological polar surface area (TPSA) is 56.8 Å². The van der Waals surface area contributed by atoms with Crippen molar-refractivity contribution in [1.29, 1.82) is 0 Å². The summed E-state index contributed by atoms with van der Waals surface area (Å²) >= 11 is 0. The molecule has 0 aromatic heterocycles. The number of ether oxygens (including phenoxy) is 3. The van der Waals surface area contributed by atoms with Crippen LogP contribution in [-0.4, -0.2) is 40.1 Å². The predicted octanol–water partition coefficient (Wildman–Crippen LogP) is 1.54. The summed E-state index contributed by atoms with van der Waals surface area (Å²) in [5.74, 6) is 1.32. The van der Waals surface area contributed by atoms with Crippen molar-refractivity contribution in [3.05, 3.63) is 29.8 Å². The lowest BCUT2D eigenvalue weighted by atomic mass is 10.1. The Morgan fingerprint density at radius 3 is 2.65 bits per heavy atom. The van der Waals surface area contributed by atoms with Gasteiger partial charge in [0.15, 0.2) is 6.79 Å². The van der Waals surface area contributed by atoms with Crippen molar-refractivity contribution in [2.75, 3.05) is 34.2 Å². The number of nitrogens with one attached hydrogen (secondary N) is 1. The van der Waals surface area contributed by atoms with E-state index < -0.39 is 0 Å². The average Bonchev–Trinajstić information content (AvgIpc) is 3.26. The van der Waals surface area contributed by atoms with Crippen LogP contribution in [-0.2, 0) is 14.3 Å². The summed E-state index contributed by atoms with van der Waals surface area (Å²) in [6.07, 6.45) is 0.914. The fraction of sp³-hybridized carbons (Fsp3) is 0.533. The van der Waals surface area contributed by atoms with Crippen LogP contribution in [0.2, 0.25) is 0 Å². The van der Waals surface area contributed by atoms with E-state index >= 15 is 0 Å². The lowest BCUT2D eigenvalue weighted by Gasteiger charge is -2.06. The molecule has 2 atom stereocenters. The number of hydrogen-bond donors (Lipinski definition) is 1. The van der Waals surface area contributed by atoms with Gasteiger partial charge in [-0.1, -0.05) is 12.1 Å². The molecular formula is C15H21NO4. The molecule has 1 aliphatic carbocycles. The summed E-state index contributed by atoms with van der Waals surface area (Å²) in [7, 11) is 3.21. The van der Waals surface area contributed by atoms with Gasteiger partial charge in [-0.05, 0) is 30.0 Å². The molecule has 1 saturated carbocycles. The maximum atomic E-state index is 11.9. The highest BCUT2D eigenvalue weighted by atomic mass is 16.7. The average molecular weight is 279 g/mol. The number of benzene rings is 1. The standard InChI is InChI=1S/C15H21NO4/c1-18-8-7-16-15(17)14-9-13(14)11-3-5-12(6-4-11)20-10-19-2/h3-6,13-14H,7-10H2,1-2H3,(H,16,17). The van der Waals surface area contributed by atoms with E-state index in [1.807, 2.05) is 24.3 Å². The van der Waals surface area contributed by atoms with E-state index in [2.05, 4.69) is 5.32 Å². The van der Waals surface area contributed by atoms with E-state index in [0.29, 0.717) is 19.1 Å². The van der Waals surface area contributed by atoms with Crippen LogP contribution in [0.15, 0.2) is 24.3 Å². The normalized spacial score (nSPS) is 20.5. The van der Waals surface area contributed by atoms with Crippen molar-refractivity contribution < 1.29 is 19.0 Å². The first-order chi connectivity index (χ1) is 9.76. The zero-order valence-electron chi connectivity index (χ0n) is 11.9. The van der Waals surface area contributed by atoms with Crippen LogP contribution >= 0.6 is 0 Å². The first kappa shape index (κ1) is 14.8. The minimum atomic E-state index is 0.0950. The summed E-state index contributed by atoms with van der Waals surface area (Å²) < 4.78 is 15.1. The van der Waals surface area contributed by atoms with Crippen molar-refractivity contribution in [3.63, 3.8) is 0 Å². The zero-order chi connectivity index (χ0) is 14.4. The van der Waals surface area contributed by atoms with Gasteiger partial charge in [-0.25, -0.2) is 0 Å². The van der Waals surface area contributed by atoms with Gasteiger partial charge in [-0.15, -0.1) is 0 Å². The Morgan fingerprint density at radius 1 is 1.25 bits per heavy atom. The van der Waals surface area contributed by atoms with Crippen LogP contribution in [0.25, 0.3) is 0 Å². The molecule has 0 radical (unpaired) electrons. The number of hydrogen-bond acceptors (Lipinski definition) is 4. The molecule has 2 rings (SSSR count). The lowest BCUT2D eigenvalue weighted by Crippen LogP contribution is -2.28. The van der Waals surface area contributed by atoms with Crippen LogP contribution in [0.3, 0.4) is 0 Å². The first-order valence-corrected chi connectivity index (χ1v) is 6.74. The fourth-order valence-corrected chi connectivity index (χ4v) is 2.20. The van der Waals surface area contributed by atoms with Gasteiger partial charge in [0.25, 0.3) is 0 Å². The monoisotopic (exact) mass is 279 g/mol. The molecule has 0 saturated heterocycles. The van der Waals surface area contributed by atoms with E-state index in [4.69, 9.17) is 14.2 Å². The predicted molar refractivity (Wildman–Crippen MR) is 74.7 cm³/mol. The number of methoxy groups -OCH3 is 2. The SMILES string of the molecule is COCCNC(=O)C1CC1c1ccc(OCOC)cc1. The third kappa shape index (κ3) is 3.95. The Kier molecular flexibility index (Phi) is 5.38. The molecule has 110 valence electrons. The Balaban J connectivity index is 1.80. The second kappa shape index (κ2) is 7.26. The maximum absolute atomic E-state index is 11.9. The molecule has 5 nitrogen and oxygen atoms in total. The smallest absolute Gasteiger partial charge is 0.223 e. The Labute approximate surface area is 119 Å². The van der Waals surface area contributed by atoms with E-state index in [-0.39, 0.29) is 18.6 Å². The van der Waals surface area contributed by atoms with Gasteiger partial charge >= 0.3 is 0 Å². The van der Waals surface area contributed by atoms with Gasteiger partial charge in [0.2, 0.25) is 5.91 Å². The molecule has 1 N–H and O–H groups in total. The largest absolute Gasteiger partial charge is 0.468 e. The van der Waals surface area contributed by atoms with Crippen molar-refractivity contribution >= 4 is 5.91 Å². The van der Waals surface area contributed by atoms with E-state index in [9.17, 15) is 4.79 Å². The number of amides is 1. The molecule has 20 heavy (non-hydrogen) atoms. The summed E-state index contributed by atoms with van der Waals surface area (Å²) in [5.41, 5.74) is 1.18. The Morgan fingerprint density at radius 2 is 2.00 bits per heavy atom. The zero-order valence-corrected chi connectivity index (χ0v) is 11.9. The van der Waals surface area contributed by atoms with Gasteiger partial charge in [0, 0.05) is 26.7 Å². The Hall–Kier alpha value is -1.59. The second-order valence-corrected chi connectivity index (χ2v) is 4.85. The molecule has 0 spiro atoms. The Bertz CT molecular complexity index is 432. The van der Waals surface area contributed by atoms with Crippen LogP contribution in [0, 0.1) is 5.92 Å². The molecule has 1 aromatic rings. The van der Waals surface area contributed by atoms with Gasteiger partial charge < -0.3 is 19.5 Å². The van der Waals surface area contributed by atoms with Crippen molar-refractivity contribution in [3.8, 4) is 5.75 Å². The molecular weight excluding hydrogens is 258 g/mol. The highest BCUT2D eigenvalue weighted by Gasteiger charge is 2.43. The van der Waals surface area contributed by atoms with Gasteiger partial charge in [-0.2, -0.15) is 0 Å². The molecule has 0 bridgehead atoms. The molecule has 1 amide bonds. The molecule has 1 aromatic carbocycles. The van der Waals surface area contributed by atoms with E-state index in [1.165, 1.54) is 5.56 Å². The van der Waals surface area contributed by atoms with Gasteiger partial charge in [0.1, 0.15) is 5.75 Å². The third-order valence-corrected chi connectivity index (χ3v) is 3.38. The third-order valence-electron chi connectivity index (χ3n) is 3.38. The van der Waals surface area contributed by atoms with Crippen molar-refractivity contribution in [2.45, 2.75) is 12.3 Å². The molecule has 1 fully saturated rings. The summed E-state index contributed by atoms with van der Waals surface area (Å²) in [6.45, 7) is 1.37. The van der Waals surface area contributed by atoms with E-state index in [1.54, 1.807) is 14.2 Å². The highest BCUT2D eigenvalue weighted by molar-refractivity contribution is 5.82. The molecule has 0 heterocycles. The van der Waals surface area contributed by atoms with E-state index in [0.717, 1.165) is 12.2 Å². The lowest BCUT2D eigenvalue weighted by molar-refractivity contribution is -0.122. The fourth-order valence-electron chi connectivity index (χ4n) is 2.20. The summed E-state index contributed by atoms with van der Waals surface area (Å²) in [6, 6.07) is 7.84. The van der Waals surface area contributed by atoms with Crippen LogP contribution in [0.1, 0.15) is 17.9 Å². The highest BCUT2D eigenvalue weighted by Crippen LogP contribution is 2.47. The number of rotatable bonds is 8. The minimum Gasteiger partial charge on any atom is -0.468 e. The van der Waals surface area contributed by atoms with Crippen molar-refractivity contribution in [2.24, 2.45) is 5.92 Å². The quantitative estimate of drug-likeness (QED) is 0.579. The molecule has 1 aliphatic rings. The first-order valence-electron chi connectivity index (χ1n) is 6.74. The van der Waals surface area contributed by atoms with Gasteiger partial charge in [0.05, 0.1) is 6.61 Å². The van der Waals surface area contributed by atoms with Crippen LogP contribution in [0.4, 0.5) is 0 Å². The van der Waals surface area contributed by atoms with Crippen LogP contribution < -0.4 is 10.1 Å². The molecule has 5 heteroatoms. The summed E-state index contributed by atoms with van der Waals surface area (Å²) in [4.78, 5) is 11.9. The number of carbonyl (C=O) groups is 1. The second-order valence-electron chi connectivity index (χ2n) is 4.85. The summed E-state index contributed by atoms with van der Waals surface area (Å²) in [5, 5.41) is 2.88. The van der Waals surface area contributed by atoms with Crippen LogP contribution in [0.5, 0.6) is 5.75 Å². The number of carbonyl (C=O) groups excluding carboxylic acids is 1. The molecule has 2 unspecified atom stereocenters. The minimum absolute atomic E-state index is 0.0950.